The number of carboxylic acids is 1. The Balaban J connectivity index is 2.35. The SMILES string of the molecule is Cc1cccc2c1C(=O)N(C)Cc1c(C(=O)[O-])ncn1-2. The van der Waals surface area contributed by atoms with Gasteiger partial charge in [0.15, 0.2) is 0 Å². The Labute approximate surface area is 115 Å². The first-order valence-corrected chi connectivity index (χ1v) is 6.13. The van der Waals surface area contributed by atoms with Gasteiger partial charge in [0, 0.05) is 7.05 Å². The van der Waals surface area contributed by atoms with Crippen LogP contribution in [-0.4, -0.2) is 33.4 Å². The molecular formula is C14H12N3O3-. The number of carbonyl (C=O) groups is 2. The second kappa shape index (κ2) is 4.19. The van der Waals surface area contributed by atoms with E-state index in [-0.39, 0.29) is 18.1 Å². The lowest BCUT2D eigenvalue weighted by molar-refractivity contribution is -0.255. The molecule has 1 aliphatic heterocycles. The summed E-state index contributed by atoms with van der Waals surface area (Å²) in [6.45, 7) is 2.03. The third-order valence-electron chi connectivity index (χ3n) is 3.52. The highest BCUT2D eigenvalue weighted by atomic mass is 16.4. The van der Waals surface area contributed by atoms with Gasteiger partial charge in [-0.25, -0.2) is 4.98 Å². The monoisotopic (exact) mass is 270 g/mol. The number of amides is 1. The van der Waals surface area contributed by atoms with Gasteiger partial charge >= 0.3 is 0 Å². The topological polar surface area (TPSA) is 78.3 Å². The van der Waals surface area contributed by atoms with Crippen LogP contribution in [0.1, 0.15) is 32.1 Å². The number of benzene rings is 1. The summed E-state index contributed by atoms with van der Waals surface area (Å²) < 4.78 is 1.65. The maximum atomic E-state index is 12.4. The number of fused-ring (bicyclic) bond motifs is 3. The average molecular weight is 270 g/mol. The summed E-state index contributed by atoms with van der Waals surface area (Å²) >= 11 is 0. The van der Waals surface area contributed by atoms with Crippen LogP contribution in [0.4, 0.5) is 0 Å². The molecule has 2 aromatic rings. The first-order chi connectivity index (χ1) is 9.50. The fourth-order valence-corrected chi connectivity index (χ4v) is 2.52. The molecule has 1 amide bonds. The standard InChI is InChI=1S/C14H13N3O3/c1-8-4-3-5-9-11(8)13(18)16(2)6-10-12(14(19)20)15-7-17(9)10/h3-5,7H,6H2,1-2H3,(H,19,20)/p-1. The summed E-state index contributed by atoms with van der Waals surface area (Å²) in [6, 6.07) is 5.46. The molecule has 0 atom stereocenters. The van der Waals surface area contributed by atoms with Crippen LogP contribution >= 0.6 is 0 Å². The van der Waals surface area contributed by atoms with Gasteiger partial charge in [0.1, 0.15) is 12.0 Å². The smallest absolute Gasteiger partial charge is 0.256 e. The van der Waals surface area contributed by atoms with Gasteiger partial charge < -0.3 is 14.8 Å². The molecule has 0 bridgehead atoms. The molecule has 0 saturated carbocycles. The number of nitrogens with zero attached hydrogens (tertiary/aromatic N) is 3. The predicted molar refractivity (Wildman–Crippen MR) is 68.4 cm³/mol. The van der Waals surface area contributed by atoms with E-state index in [1.54, 1.807) is 17.7 Å². The van der Waals surface area contributed by atoms with Crippen LogP contribution < -0.4 is 5.11 Å². The van der Waals surface area contributed by atoms with Gasteiger partial charge in [0.25, 0.3) is 5.91 Å². The first kappa shape index (κ1) is 12.4. The first-order valence-electron chi connectivity index (χ1n) is 6.13. The van der Waals surface area contributed by atoms with Gasteiger partial charge in [-0.05, 0) is 18.6 Å². The molecule has 1 aromatic heterocycles. The van der Waals surface area contributed by atoms with E-state index in [4.69, 9.17) is 0 Å². The lowest BCUT2D eigenvalue weighted by Gasteiger charge is -2.15. The number of aromatic carboxylic acids is 1. The molecule has 0 spiro atoms. The Bertz CT molecular complexity index is 733. The molecule has 102 valence electrons. The molecule has 0 unspecified atom stereocenters. The second-order valence-corrected chi connectivity index (χ2v) is 4.83. The second-order valence-electron chi connectivity index (χ2n) is 4.83. The van der Waals surface area contributed by atoms with E-state index < -0.39 is 5.97 Å². The third-order valence-corrected chi connectivity index (χ3v) is 3.52. The van der Waals surface area contributed by atoms with E-state index in [1.165, 1.54) is 11.2 Å². The van der Waals surface area contributed by atoms with Crippen molar-refractivity contribution in [1.82, 2.24) is 14.5 Å². The summed E-state index contributed by atoms with van der Waals surface area (Å²) in [4.78, 5) is 28.9. The van der Waals surface area contributed by atoms with Crippen molar-refractivity contribution < 1.29 is 14.7 Å². The zero-order valence-corrected chi connectivity index (χ0v) is 11.1. The van der Waals surface area contributed by atoms with Crippen LogP contribution in [-0.2, 0) is 6.54 Å². The van der Waals surface area contributed by atoms with Crippen LogP contribution in [0.5, 0.6) is 0 Å². The van der Waals surface area contributed by atoms with E-state index in [1.807, 2.05) is 19.1 Å². The molecule has 6 heteroatoms. The summed E-state index contributed by atoms with van der Waals surface area (Å²) in [5, 5.41) is 11.1. The highest BCUT2D eigenvalue weighted by molar-refractivity contribution is 6.00. The Kier molecular flexibility index (Phi) is 2.60. The largest absolute Gasteiger partial charge is 0.543 e. The van der Waals surface area contributed by atoms with E-state index in [0.29, 0.717) is 16.9 Å². The lowest BCUT2D eigenvalue weighted by Crippen LogP contribution is -2.28. The zero-order valence-electron chi connectivity index (χ0n) is 11.1. The molecule has 0 radical (unpaired) electrons. The minimum absolute atomic E-state index is 0.126. The van der Waals surface area contributed by atoms with Crippen molar-refractivity contribution in [3.05, 3.63) is 47.0 Å². The molecule has 2 heterocycles. The zero-order chi connectivity index (χ0) is 14.4. The van der Waals surface area contributed by atoms with Crippen molar-refractivity contribution in [1.29, 1.82) is 0 Å². The number of carboxylic acid groups (broad SMARTS) is 1. The molecule has 0 fully saturated rings. The summed E-state index contributed by atoms with van der Waals surface area (Å²) in [6.07, 6.45) is 1.42. The number of carbonyl (C=O) groups excluding carboxylic acids is 2. The van der Waals surface area contributed by atoms with Crippen molar-refractivity contribution in [3.63, 3.8) is 0 Å². The van der Waals surface area contributed by atoms with Crippen LogP contribution in [0.2, 0.25) is 0 Å². The van der Waals surface area contributed by atoms with Gasteiger partial charge in [-0.1, -0.05) is 12.1 Å². The Morgan fingerprint density at radius 1 is 1.40 bits per heavy atom. The minimum Gasteiger partial charge on any atom is -0.543 e. The minimum atomic E-state index is -1.34. The Morgan fingerprint density at radius 3 is 2.85 bits per heavy atom. The number of imidazole rings is 1. The lowest BCUT2D eigenvalue weighted by atomic mass is 10.1. The van der Waals surface area contributed by atoms with E-state index in [0.717, 1.165) is 5.56 Å². The fraction of sp³-hybridized carbons (Fsp3) is 0.214. The summed E-state index contributed by atoms with van der Waals surface area (Å²) in [5.74, 6) is -1.47. The fourth-order valence-electron chi connectivity index (χ4n) is 2.52. The molecular weight excluding hydrogens is 258 g/mol. The maximum Gasteiger partial charge on any atom is 0.256 e. The average Bonchev–Trinajstić information content (AvgIpc) is 2.77. The number of aromatic nitrogens is 2. The normalized spacial score (nSPS) is 13.7. The molecule has 0 aliphatic carbocycles. The molecule has 1 aliphatic rings. The van der Waals surface area contributed by atoms with Crippen LogP contribution in [0.15, 0.2) is 24.5 Å². The molecule has 1 aromatic carbocycles. The van der Waals surface area contributed by atoms with Gasteiger partial charge in [0.2, 0.25) is 0 Å². The summed E-state index contributed by atoms with van der Waals surface area (Å²) in [5.41, 5.74) is 2.38. The summed E-state index contributed by atoms with van der Waals surface area (Å²) in [7, 11) is 1.64. The van der Waals surface area contributed by atoms with Crippen molar-refractivity contribution in [3.8, 4) is 5.69 Å². The highest BCUT2D eigenvalue weighted by Crippen LogP contribution is 2.27. The molecule has 3 rings (SSSR count). The van der Waals surface area contributed by atoms with Gasteiger partial charge in [-0.15, -0.1) is 0 Å². The quantitative estimate of drug-likeness (QED) is 0.738. The molecule has 20 heavy (non-hydrogen) atoms. The van der Waals surface area contributed by atoms with Crippen molar-refractivity contribution in [2.24, 2.45) is 0 Å². The van der Waals surface area contributed by atoms with Gasteiger partial charge in [0.05, 0.1) is 29.5 Å². The van der Waals surface area contributed by atoms with Crippen LogP contribution in [0.25, 0.3) is 5.69 Å². The Morgan fingerprint density at radius 2 is 2.15 bits per heavy atom. The van der Waals surface area contributed by atoms with Crippen LogP contribution in [0, 0.1) is 6.92 Å². The van der Waals surface area contributed by atoms with Gasteiger partial charge in [-0.3, -0.25) is 9.36 Å². The van der Waals surface area contributed by atoms with Gasteiger partial charge in [-0.2, -0.15) is 0 Å². The number of rotatable bonds is 1. The number of aryl methyl sites for hydroxylation is 1. The number of hydrogen-bond donors (Lipinski definition) is 0. The number of hydrogen-bond acceptors (Lipinski definition) is 4. The van der Waals surface area contributed by atoms with E-state index in [9.17, 15) is 14.7 Å². The third kappa shape index (κ3) is 1.61. The van der Waals surface area contributed by atoms with Crippen molar-refractivity contribution in [2.45, 2.75) is 13.5 Å². The maximum absolute atomic E-state index is 12.4. The molecule has 6 nitrogen and oxygen atoms in total. The molecule has 0 saturated heterocycles. The van der Waals surface area contributed by atoms with Crippen LogP contribution in [0.3, 0.4) is 0 Å². The predicted octanol–water partition coefficient (Wildman–Crippen LogP) is 0.130. The van der Waals surface area contributed by atoms with Crippen molar-refractivity contribution >= 4 is 11.9 Å². The van der Waals surface area contributed by atoms with Crippen molar-refractivity contribution in [2.75, 3.05) is 7.05 Å². The van der Waals surface area contributed by atoms with E-state index in [2.05, 4.69) is 4.98 Å². The Hall–Kier alpha value is -2.63. The molecule has 0 N–H and O–H groups in total. The van der Waals surface area contributed by atoms with E-state index >= 15 is 0 Å². The highest BCUT2D eigenvalue weighted by Gasteiger charge is 2.27.